The topological polar surface area (TPSA) is 37.8 Å². The lowest BCUT2D eigenvalue weighted by Crippen LogP contribution is -2.21. The number of nitrogens with one attached hydrogen (secondary N) is 1. The molecule has 0 amide bonds. The van der Waals surface area contributed by atoms with Crippen molar-refractivity contribution in [1.82, 2.24) is 9.97 Å². The molecule has 3 nitrogen and oxygen atoms in total. The lowest BCUT2D eigenvalue weighted by atomic mass is 10.2. The van der Waals surface area contributed by atoms with Gasteiger partial charge in [-0.25, -0.2) is 9.97 Å². The first-order valence-electron chi connectivity index (χ1n) is 5.10. The van der Waals surface area contributed by atoms with E-state index in [0.29, 0.717) is 6.42 Å². The van der Waals surface area contributed by atoms with Crippen LogP contribution in [0.3, 0.4) is 0 Å². The fourth-order valence-corrected chi connectivity index (χ4v) is 1.62. The smallest absolute Gasteiger partial charge is 0.352 e. The zero-order chi connectivity index (χ0) is 13.1. The van der Waals surface area contributed by atoms with Crippen LogP contribution in [0, 0.1) is 0 Å². The zero-order valence-corrected chi connectivity index (χ0v) is 10.2. The standard InChI is InChI=1S/C10H13ClF3N3/c1-6(11)5-7(2)16-9-15-4-3-8(17-9)10(12,13)14/h3-4,6-7H,5H2,1-2H3,(H,15,16,17). The molecular weight excluding hydrogens is 255 g/mol. The highest BCUT2D eigenvalue weighted by atomic mass is 35.5. The fourth-order valence-electron chi connectivity index (χ4n) is 1.35. The summed E-state index contributed by atoms with van der Waals surface area (Å²) in [5.74, 6) is -0.0374. The van der Waals surface area contributed by atoms with Crippen LogP contribution in [-0.2, 0) is 6.18 Å². The summed E-state index contributed by atoms with van der Waals surface area (Å²) in [6.07, 6.45) is -2.77. The monoisotopic (exact) mass is 267 g/mol. The van der Waals surface area contributed by atoms with E-state index in [-0.39, 0.29) is 17.4 Å². The molecule has 0 aliphatic carbocycles. The Morgan fingerprint density at radius 2 is 2.06 bits per heavy atom. The number of halogens is 4. The molecular formula is C10H13ClF3N3. The average molecular weight is 268 g/mol. The first-order valence-corrected chi connectivity index (χ1v) is 5.53. The van der Waals surface area contributed by atoms with Crippen molar-refractivity contribution >= 4 is 17.5 Å². The number of nitrogens with zero attached hydrogens (tertiary/aromatic N) is 2. The van der Waals surface area contributed by atoms with E-state index >= 15 is 0 Å². The van der Waals surface area contributed by atoms with E-state index in [1.165, 1.54) is 0 Å². The van der Waals surface area contributed by atoms with Gasteiger partial charge in [0, 0.05) is 17.6 Å². The average Bonchev–Trinajstić information content (AvgIpc) is 2.15. The van der Waals surface area contributed by atoms with Gasteiger partial charge < -0.3 is 5.32 Å². The van der Waals surface area contributed by atoms with E-state index in [1.54, 1.807) is 0 Å². The summed E-state index contributed by atoms with van der Waals surface area (Å²) >= 11 is 5.78. The summed E-state index contributed by atoms with van der Waals surface area (Å²) in [5, 5.41) is 2.71. The van der Waals surface area contributed by atoms with Crippen LogP contribution in [0.2, 0.25) is 0 Å². The Hall–Kier alpha value is -1.04. The molecule has 0 aliphatic heterocycles. The second-order valence-corrected chi connectivity index (χ2v) is 4.57. The van der Waals surface area contributed by atoms with Crippen molar-refractivity contribution in [3.05, 3.63) is 18.0 Å². The molecule has 2 atom stereocenters. The molecule has 0 saturated carbocycles. The SMILES string of the molecule is CC(Cl)CC(C)Nc1nccc(C(F)(F)F)n1. The predicted octanol–water partition coefficient (Wildman–Crippen LogP) is 3.31. The Morgan fingerprint density at radius 3 is 2.59 bits per heavy atom. The van der Waals surface area contributed by atoms with Crippen LogP contribution >= 0.6 is 11.6 Å². The van der Waals surface area contributed by atoms with Crippen LogP contribution in [0.5, 0.6) is 0 Å². The zero-order valence-electron chi connectivity index (χ0n) is 9.42. The highest BCUT2D eigenvalue weighted by molar-refractivity contribution is 6.20. The third-order valence-electron chi connectivity index (χ3n) is 2.00. The molecule has 2 unspecified atom stereocenters. The first-order chi connectivity index (χ1) is 7.79. The molecule has 1 heterocycles. The first kappa shape index (κ1) is 14.0. The van der Waals surface area contributed by atoms with E-state index in [4.69, 9.17) is 11.6 Å². The van der Waals surface area contributed by atoms with Gasteiger partial charge in [-0.15, -0.1) is 11.6 Å². The van der Waals surface area contributed by atoms with E-state index in [2.05, 4.69) is 15.3 Å². The van der Waals surface area contributed by atoms with E-state index < -0.39 is 11.9 Å². The lowest BCUT2D eigenvalue weighted by Gasteiger charge is -2.15. The van der Waals surface area contributed by atoms with Crippen molar-refractivity contribution in [2.75, 3.05) is 5.32 Å². The molecule has 0 radical (unpaired) electrons. The van der Waals surface area contributed by atoms with Crippen molar-refractivity contribution in [2.45, 2.75) is 37.9 Å². The highest BCUT2D eigenvalue weighted by Crippen LogP contribution is 2.27. The Morgan fingerprint density at radius 1 is 1.41 bits per heavy atom. The molecule has 0 fully saturated rings. The second kappa shape index (κ2) is 5.53. The van der Waals surface area contributed by atoms with Crippen molar-refractivity contribution in [1.29, 1.82) is 0 Å². The molecule has 0 saturated heterocycles. The van der Waals surface area contributed by atoms with Crippen LogP contribution in [0.15, 0.2) is 12.3 Å². The van der Waals surface area contributed by atoms with Crippen molar-refractivity contribution in [2.24, 2.45) is 0 Å². The summed E-state index contributed by atoms with van der Waals surface area (Å²) in [4.78, 5) is 7.14. The van der Waals surface area contributed by atoms with Gasteiger partial charge in [-0.1, -0.05) is 0 Å². The molecule has 1 rings (SSSR count). The minimum atomic E-state index is -4.46. The molecule has 0 aromatic carbocycles. The maximum Gasteiger partial charge on any atom is 0.433 e. The van der Waals surface area contributed by atoms with Gasteiger partial charge in [-0.2, -0.15) is 13.2 Å². The highest BCUT2D eigenvalue weighted by Gasteiger charge is 2.32. The van der Waals surface area contributed by atoms with Crippen molar-refractivity contribution in [3.8, 4) is 0 Å². The van der Waals surface area contributed by atoms with Crippen LogP contribution < -0.4 is 5.32 Å². The van der Waals surface area contributed by atoms with Gasteiger partial charge in [0.15, 0.2) is 0 Å². The largest absolute Gasteiger partial charge is 0.433 e. The van der Waals surface area contributed by atoms with E-state index in [9.17, 15) is 13.2 Å². The van der Waals surface area contributed by atoms with Gasteiger partial charge in [0.25, 0.3) is 0 Å². The Bertz CT molecular complexity index is 368. The molecule has 7 heteroatoms. The summed E-state index contributed by atoms with van der Waals surface area (Å²) in [6.45, 7) is 3.62. The maximum absolute atomic E-state index is 12.4. The lowest BCUT2D eigenvalue weighted by molar-refractivity contribution is -0.141. The van der Waals surface area contributed by atoms with Crippen LogP contribution in [-0.4, -0.2) is 21.4 Å². The summed E-state index contributed by atoms with van der Waals surface area (Å²) in [5.41, 5.74) is -0.957. The molecule has 0 bridgehead atoms. The summed E-state index contributed by atoms with van der Waals surface area (Å²) < 4.78 is 37.1. The molecule has 96 valence electrons. The minimum absolute atomic E-state index is 0.0374. The van der Waals surface area contributed by atoms with Crippen molar-refractivity contribution < 1.29 is 13.2 Å². The second-order valence-electron chi connectivity index (χ2n) is 3.83. The number of aromatic nitrogens is 2. The third kappa shape index (κ3) is 4.77. The quantitative estimate of drug-likeness (QED) is 0.851. The van der Waals surface area contributed by atoms with Gasteiger partial charge in [0.05, 0.1) is 0 Å². The van der Waals surface area contributed by atoms with E-state index in [1.807, 2.05) is 13.8 Å². The van der Waals surface area contributed by atoms with Gasteiger partial charge in [0.2, 0.25) is 5.95 Å². The van der Waals surface area contributed by atoms with Gasteiger partial charge in [0.1, 0.15) is 5.69 Å². The summed E-state index contributed by atoms with van der Waals surface area (Å²) in [7, 11) is 0. The summed E-state index contributed by atoms with van der Waals surface area (Å²) in [6, 6.07) is 0.742. The number of rotatable bonds is 4. The number of alkyl halides is 4. The molecule has 1 aromatic rings. The number of hydrogen-bond donors (Lipinski definition) is 1. The van der Waals surface area contributed by atoms with E-state index in [0.717, 1.165) is 12.3 Å². The van der Waals surface area contributed by atoms with Crippen molar-refractivity contribution in [3.63, 3.8) is 0 Å². The maximum atomic E-state index is 12.4. The fraction of sp³-hybridized carbons (Fsp3) is 0.600. The number of hydrogen-bond acceptors (Lipinski definition) is 3. The molecule has 1 N–H and O–H groups in total. The molecule has 0 spiro atoms. The van der Waals surface area contributed by atoms with Gasteiger partial charge in [-0.3, -0.25) is 0 Å². The van der Waals surface area contributed by atoms with Crippen LogP contribution in [0.4, 0.5) is 19.1 Å². The minimum Gasteiger partial charge on any atom is -0.352 e. The van der Waals surface area contributed by atoms with Crippen LogP contribution in [0.25, 0.3) is 0 Å². The molecule has 17 heavy (non-hydrogen) atoms. The van der Waals surface area contributed by atoms with Crippen LogP contribution in [0.1, 0.15) is 26.0 Å². The Kier molecular flexibility index (Phi) is 4.56. The number of anilines is 1. The Labute approximate surface area is 102 Å². The third-order valence-corrected chi connectivity index (χ3v) is 2.18. The molecule has 1 aromatic heterocycles. The molecule has 0 aliphatic rings. The Balaban J connectivity index is 2.72. The normalized spacial score (nSPS) is 15.4. The predicted molar refractivity (Wildman–Crippen MR) is 60.1 cm³/mol. The van der Waals surface area contributed by atoms with Gasteiger partial charge in [-0.05, 0) is 26.3 Å². The van der Waals surface area contributed by atoms with Gasteiger partial charge >= 0.3 is 6.18 Å².